The van der Waals surface area contributed by atoms with Gasteiger partial charge in [-0.25, -0.2) is 4.68 Å². The second-order valence-electron chi connectivity index (χ2n) is 6.31. The van der Waals surface area contributed by atoms with Crippen LogP contribution < -0.4 is 14.3 Å². The van der Waals surface area contributed by atoms with Crippen LogP contribution in [0.4, 0.5) is 0 Å². The first-order chi connectivity index (χ1) is 13.8. The fraction of sp³-hybridized carbons (Fsp3) is 0.286. The molecule has 144 valence electrons. The first-order valence-electron chi connectivity index (χ1n) is 9.41. The van der Waals surface area contributed by atoms with Crippen LogP contribution in [0, 0.1) is 0 Å². The van der Waals surface area contributed by atoms with Gasteiger partial charge in [0.05, 0.1) is 17.6 Å². The van der Waals surface area contributed by atoms with Crippen LogP contribution in [-0.2, 0) is 0 Å². The molecule has 1 aliphatic rings. The van der Waals surface area contributed by atoms with Crippen molar-refractivity contribution in [1.82, 2.24) is 9.66 Å². The monoisotopic (exact) mass is 394 g/mol. The van der Waals surface area contributed by atoms with E-state index in [2.05, 4.69) is 22.4 Å². The molecule has 7 heteroatoms. The van der Waals surface area contributed by atoms with E-state index in [9.17, 15) is 0 Å². The zero-order valence-corrected chi connectivity index (χ0v) is 16.6. The standard InChI is InChI=1S/C21H22N4O2S/c1-2-3-9-23-21-25(24-14-17-6-4-5-10-22-17)18(15-28-21)16-7-8-19-20(13-16)27-12-11-26-19/h4-8,10,13-15H,2-3,9,11-12H2,1H3/b23-21?,24-14-. The van der Waals surface area contributed by atoms with Gasteiger partial charge in [0, 0.05) is 23.7 Å². The molecule has 2 aromatic heterocycles. The van der Waals surface area contributed by atoms with Crippen molar-refractivity contribution < 1.29 is 9.47 Å². The number of fused-ring (bicyclic) bond motifs is 1. The first-order valence-corrected chi connectivity index (χ1v) is 10.3. The predicted octanol–water partition coefficient (Wildman–Crippen LogP) is 3.97. The van der Waals surface area contributed by atoms with Crippen LogP contribution in [0.25, 0.3) is 11.3 Å². The number of nitrogens with zero attached hydrogens (tertiary/aromatic N) is 4. The minimum Gasteiger partial charge on any atom is -0.486 e. The van der Waals surface area contributed by atoms with Crippen LogP contribution in [-0.4, -0.2) is 35.6 Å². The van der Waals surface area contributed by atoms with Gasteiger partial charge >= 0.3 is 0 Å². The largest absolute Gasteiger partial charge is 0.486 e. The van der Waals surface area contributed by atoms with Gasteiger partial charge in [-0.05, 0) is 36.8 Å². The first kappa shape index (κ1) is 18.4. The Bertz CT molecular complexity index is 1020. The van der Waals surface area contributed by atoms with Crippen LogP contribution in [0.2, 0.25) is 0 Å². The molecule has 28 heavy (non-hydrogen) atoms. The number of aromatic nitrogens is 2. The van der Waals surface area contributed by atoms with E-state index in [1.54, 1.807) is 23.7 Å². The number of hydrogen-bond acceptors (Lipinski definition) is 6. The third kappa shape index (κ3) is 4.14. The molecule has 1 aromatic carbocycles. The summed E-state index contributed by atoms with van der Waals surface area (Å²) in [5.41, 5.74) is 2.77. The molecule has 0 spiro atoms. The summed E-state index contributed by atoms with van der Waals surface area (Å²) >= 11 is 1.58. The fourth-order valence-corrected chi connectivity index (χ4v) is 3.69. The van der Waals surface area contributed by atoms with Gasteiger partial charge in [-0.3, -0.25) is 9.98 Å². The molecule has 1 aliphatic heterocycles. The molecule has 0 amide bonds. The summed E-state index contributed by atoms with van der Waals surface area (Å²) in [6.45, 7) is 4.10. The van der Waals surface area contributed by atoms with E-state index in [1.807, 2.05) is 41.1 Å². The Balaban J connectivity index is 1.74. The number of rotatable bonds is 6. The van der Waals surface area contributed by atoms with E-state index in [0.29, 0.717) is 13.2 Å². The van der Waals surface area contributed by atoms with Crippen molar-refractivity contribution in [2.45, 2.75) is 19.8 Å². The lowest BCUT2D eigenvalue weighted by molar-refractivity contribution is 0.171. The van der Waals surface area contributed by atoms with E-state index in [0.717, 1.165) is 52.6 Å². The highest BCUT2D eigenvalue weighted by atomic mass is 32.1. The molecule has 0 saturated heterocycles. The molecule has 6 nitrogen and oxygen atoms in total. The van der Waals surface area contributed by atoms with Crippen molar-refractivity contribution >= 4 is 17.6 Å². The Labute approximate surface area is 167 Å². The third-order valence-corrected chi connectivity index (χ3v) is 5.13. The number of benzene rings is 1. The topological polar surface area (TPSA) is 61.0 Å². The van der Waals surface area contributed by atoms with E-state index in [-0.39, 0.29) is 0 Å². The van der Waals surface area contributed by atoms with Crippen molar-refractivity contribution in [1.29, 1.82) is 0 Å². The Hall–Kier alpha value is -2.93. The summed E-state index contributed by atoms with van der Waals surface area (Å²) in [6.07, 6.45) is 5.68. The lowest BCUT2D eigenvalue weighted by atomic mass is 10.1. The fourth-order valence-electron chi connectivity index (χ4n) is 2.82. The highest BCUT2D eigenvalue weighted by Gasteiger charge is 2.15. The zero-order valence-electron chi connectivity index (χ0n) is 15.7. The number of pyridine rings is 1. The maximum absolute atomic E-state index is 5.74. The smallest absolute Gasteiger partial charge is 0.206 e. The molecular formula is C21H22N4O2S. The van der Waals surface area contributed by atoms with E-state index in [4.69, 9.17) is 14.5 Å². The van der Waals surface area contributed by atoms with Crippen molar-refractivity contribution in [2.75, 3.05) is 19.8 Å². The Morgan fingerprint density at radius 1 is 1.18 bits per heavy atom. The lowest BCUT2D eigenvalue weighted by Gasteiger charge is -2.18. The number of thiazole rings is 1. The van der Waals surface area contributed by atoms with Crippen LogP contribution in [0.3, 0.4) is 0 Å². The zero-order chi connectivity index (χ0) is 19.2. The third-order valence-electron chi connectivity index (χ3n) is 4.28. The summed E-state index contributed by atoms with van der Waals surface area (Å²) in [6, 6.07) is 11.7. The minimum atomic E-state index is 0.565. The van der Waals surface area contributed by atoms with Crippen LogP contribution in [0.5, 0.6) is 11.5 Å². The van der Waals surface area contributed by atoms with Crippen LogP contribution >= 0.6 is 11.3 Å². The minimum absolute atomic E-state index is 0.565. The van der Waals surface area contributed by atoms with Crippen LogP contribution in [0.15, 0.2) is 58.1 Å². The van der Waals surface area contributed by atoms with Crippen molar-refractivity contribution in [3.8, 4) is 22.8 Å². The maximum Gasteiger partial charge on any atom is 0.206 e. The van der Waals surface area contributed by atoms with E-state index in [1.165, 1.54) is 0 Å². The summed E-state index contributed by atoms with van der Waals surface area (Å²) in [7, 11) is 0. The molecule has 0 unspecified atom stereocenters. The van der Waals surface area contributed by atoms with Crippen LogP contribution in [0.1, 0.15) is 25.5 Å². The number of hydrogen-bond donors (Lipinski definition) is 0. The number of unbranched alkanes of at least 4 members (excludes halogenated alkanes) is 1. The van der Waals surface area contributed by atoms with Gasteiger partial charge in [-0.1, -0.05) is 19.4 Å². The van der Waals surface area contributed by atoms with Gasteiger partial charge < -0.3 is 9.47 Å². The van der Waals surface area contributed by atoms with Crippen molar-refractivity contribution in [3.05, 3.63) is 58.5 Å². The van der Waals surface area contributed by atoms with E-state index >= 15 is 0 Å². The molecule has 0 bridgehead atoms. The average Bonchev–Trinajstić information content (AvgIpc) is 3.15. The maximum atomic E-state index is 5.74. The lowest BCUT2D eigenvalue weighted by Crippen LogP contribution is -2.15. The van der Waals surface area contributed by atoms with Gasteiger partial charge in [0.1, 0.15) is 13.2 Å². The van der Waals surface area contributed by atoms with Gasteiger partial charge in [-0.2, -0.15) is 5.10 Å². The predicted molar refractivity (Wildman–Crippen MR) is 111 cm³/mol. The molecule has 0 fully saturated rings. The van der Waals surface area contributed by atoms with Crippen molar-refractivity contribution in [2.24, 2.45) is 10.1 Å². The van der Waals surface area contributed by atoms with E-state index < -0.39 is 0 Å². The summed E-state index contributed by atoms with van der Waals surface area (Å²) in [4.78, 5) is 9.92. The highest BCUT2D eigenvalue weighted by molar-refractivity contribution is 7.07. The summed E-state index contributed by atoms with van der Waals surface area (Å²) < 4.78 is 13.2. The average molecular weight is 395 g/mol. The summed E-state index contributed by atoms with van der Waals surface area (Å²) in [5.74, 6) is 1.54. The Morgan fingerprint density at radius 3 is 2.89 bits per heavy atom. The van der Waals surface area contributed by atoms with Gasteiger partial charge in [0.15, 0.2) is 11.5 Å². The normalized spacial score (nSPS) is 14.0. The molecule has 3 heterocycles. The summed E-state index contributed by atoms with van der Waals surface area (Å²) in [5, 5.41) is 6.75. The molecule has 4 rings (SSSR count). The molecule has 0 atom stereocenters. The Morgan fingerprint density at radius 2 is 2.07 bits per heavy atom. The second kappa shape index (κ2) is 8.84. The molecule has 0 aliphatic carbocycles. The number of ether oxygens (including phenoxy) is 2. The molecule has 0 saturated carbocycles. The van der Waals surface area contributed by atoms with Gasteiger partial charge in [-0.15, -0.1) is 11.3 Å². The molecule has 3 aromatic rings. The second-order valence-corrected chi connectivity index (χ2v) is 7.14. The quantitative estimate of drug-likeness (QED) is 0.470. The SMILES string of the molecule is CCCCN=c1scc(-c2ccc3c(c2)OCCO3)n1/N=C\c1ccccn1. The molecular weight excluding hydrogens is 372 g/mol. The van der Waals surface area contributed by atoms with Gasteiger partial charge in [0.25, 0.3) is 0 Å². The Kier molecular flexibility index (Phi) is 5.82. The highest BCUT2D eigenvalue weighted by Crippen LogP contribution is 2.34. The molecule has 0 N–H and O–H groups in total. The van der Waals surface area contributed by atoms with Gasteiger partial charge in [0.2, 0.25) is 4.80 Å². The van der Waals surface area contributed by atoms with Crippen molar-refractivity contribution in [3.63, 3.8) is 0 Å². The molecule has 0 radical (unpaired) electrons.